The molecule has 0 spiro atoms. The minimum absolute atomic E-state index is 0.0130. The van der Waals surface area contributed by atoms with Gasteiger partial charge in [0, 0.05) is 74.8 Å². The molecular weight excluding hydrogens is 801 g/mol. The molecule has 63 heavy (non-hydrogen) atoms. The van der Waals surface area contributed by atoms with E-state index < -0.39 is 29.7 Å². The Kier molecular flexibility index (Phi) is 11.8. The van der Waals surface area contributed by atoms with Gasteiger partial charge in [0.15, 0.2) is 0 Å². The molecule has 3 aliphatic heterocycles. The molecule has 1 unspecified atom stereocenters. The van der Waals surface area contributed by atoms with E-state index in [-0.39, 0.29) is 48.1 Å². The van der Waals surface area contributed by atoms with Crippen LogP contribution in [-0.2, 0) is 9.59 Å². The Morgan fingerprint density at radius 2 is 1.68 bits per heavy atom. The van der Waals surface area contributed by atoms with E-state index in [0.717, 1.165) is 92.9 Å². The summed E-state index contributed by atoms with van der Waals surface area (Å²) in [5, 5.41) is 15.7. The fraction of sp³-hybridized carbons (Fsp3) is 0.458. The first-order chi connectivity index (χ1) is 30.5. The van der Waals surface area contributed by atoms with E-state index in [0.29, 0.717) is 40.4 Å². The van der Waals surface area contributed by atoms with Gasteiger partial charge < -0.3 is 19.7 Å². The Labute approximate surface area is 366 Å². The fourth-order valence-corrected chi connectivity index (χ4v) is 9.87. The zero-order valence-electron chi connectivity index (χ0n) is 35.6. The van der Waals surface area contributed by atoms with E-state index in [1.165, 1.54) is 0 Å². The van der Waals surface area contributed by atoms with E-state index in [9.17, 15) is 29.2 Å². The summed E-state index contributed by atoms with van der Waals surface area (Å²) in [5.41, 5.74) is 2.18. The van der Waals surface area contributed by atoms with Crippen LogP contribution in [0, 0.1) is 17.2 Å². The third-order valence-electron chi connectivity index (χ3n) is 13.5. The van der Waals surface area contributed by atoms with Crippen LogP contribution >= 0.6 is 0 Å². The van der Waals surface area contributed by atoms with Gasteiger partial charge in [0.25, 0.3) is 17.7 Å². The summed E-state index contributed by atoms with van der Waals surface area (Å²) in [6, 6.07) is 18.1. The van der Waals surface area contributed by atoms with Crippen LogP contribution in [0.5, 0.6) is 11.5 Å². The summed E-state index contributed by atoms with van der Waals surface area (Å²) in [6.07, 6.45) is 10.6. The molecule has 15 heteroatoms. The van der Waals surface area contributed by atoms with E-state index in [1.807, 2.05) is 30.3 Å². The lowest BCUT2D eigenvalue weighted by atomic mass is 9.85. The number of pyridine rings is 2. The molecule has 5 heterocycles. The highest BCUT2D eigenvalue weighted by Crippen LogP contribution is 2.36. The summed E-state index contributed by atoms with van der Waals surface area (Å²) in [6.45, 7) is 7.26. The van der Waals surface area contributed by atoms with Gasteiger partial charge in [-0.05, 0) is 119 Å². The van der Waals surface area contributed by atoms with Crippen LogP contribution in [-0.4, -0.2) is 105 Å². The summed E-state index contributed by atoms with van der Waals surface area (Å²) in [7, 11) is 0. The molecule has 4 fully saturated rings. The Hall–Kier alpha value is -6.40. The van der Waals surface area contributed by atoms with Crippen molar-refractivity contribution in [1.29, 1.82) is 5.26 Å². The number of hydrogen-bond donors (Lipinski definition) is 2. The summed E-state index contributed by atoms with van der Waals surface area (Å²) >= 11 is 0. The van der Waals surface area contributed by atoms with Gasteiger partial charge >= 0.3 is 0 Å². The molecule has 2 aromatic heterocycles. The molecule has 5 aliphatic rings. The smallest absolute Gasteiger partial charge is 0.262 e. The number of piperidine rings is 2. The second-order valence-electron chi connectivity index (χ2n) is 17.8. The number of ether oxygens (including phenoxy) is 2. The Balaban J connectivity index is 0.706. The highest BCUT2D eigenvalue weighted by molar-refractivity contribution is 6.23. The predicted molar refractivity (Wildman–Crippen MR) is 232 cm³/mol. The van der Waals surface area contributed by atoms with E-state index in [1.54, 1.807) is 36.7 Å². The van der Waals surface area contributed by atoms with Gasteiger partial charge in [-0.2, -0.15) is 5.26 Å². The number of nitrogens with zero attached hydrogens (tertiary/aromatic N) is 6. The molecule has 5 amide bonds. The van der Waals surface area contributed by atoms with Crippen molar-refractivity contribution < 1.29 is 33.4 Å². The summed E-state index contributed by atoms with van der Waals surface area (Å²) in [5.74, 6) is 0.459. The van der Waals surface area contributed by atoms with Crippen LogP contribution in [0.25, 0.3) is 10.9 Å². The number of carbonyl (C=O) groups excluding carboxylic acids is 5. The number of benzene rings is 2. The molecule has 15 nitrogen and oxygen atoms in total. The van der Waals surface area contributed by atoms with Crippen molar-refractivity contribution in [2.45, 2.75) is 114 Å². The Bertz CT molecular complexity index is 2460. The first kappa shape index (κ1) is 41.9. The van der Waals surface area contributed by atoms with Gasteiger partial charge in [-0.15, -0.1) is 0 Å². The number of fused-ring (bicyclic) bond motifs is 2. The van der Waals surface area contributed by atoms with Crippen molar-refractivity contribution >= 4 is 46.3 Å². The van der Waals surface area contributed by atoms with Crippen LogP contribution in [0.1, 0.15) is 115 Å². The molecule has 2 saturated carbocycles. The van der Waals surface area contributed by atoms with E-state index in [2.05, 4.69) is 45.3 Å². The van der Waals surface area contributed by atoms with Crippen LogP contribution in [0.4, 0.5) is 5.82 Å². The third kappa shape index (κ3) is 8.69. The lowest BCUT2D eigenvalue weighted by Gasteiger charge is -2.46. The second kappa shape index (κ2) is 17.8. The fourth-order valence-electron chi connectivity index (χ4n) is 9.87. The molecule has 9 rings (SSSR count). The van der Waals surface area contributed by atoms with Crippen LogP contribution in [0.3, 0.4) is 0 Å². The van der Waals surface area contributed by atoms with Crippen molar-refractivity contribution in [3.05, 3.63) is 89.2 Å². The average Bonchev–Trinajstić information content (AvgIpc) is 3.52. The molecule has 0 radical (unpaired) electrons. The molecule has 2 aromatic carbocycles. The number of aromatic nitrogens is 2. The molecule has 2 saturated heterocycles. The SMILES string of the molecule is CC(C)N(CC1CCN(c2ccc(C(=O)N[C@H]3CC[C@H](Oc4ccc(C#N)c5ncccc45)CC3)cn2)CC1)[C@H]1C[C@H](Oc2ccc3c(c2)C(=O)N(C2CCC(=O)NC2=O)C3=O)C1. The number of nitriles is 1. The van der Waals surface area contributed by atoms with E-state index >= 15 is 0 Å². The average molecular weight is 853 g/mol. The number of amides is 5. The second-order valence-corrected chi connectivity index (χ2v) is 17.8. The molecule has 4 aromatic rings. The minimum Gasteiger partial charge on any atom is -0.490 e. The largest absolute Gasteiger partial charge is 0.490 e. The highest BCUT2D eigenvalue weighted by atomic mass is 16.5. The van der Waals surface area contributed by atoms with Crippen molar-refractivity contribution in [1.82, 2.24) is 30.4 Å². The third-order valence-corrected chi connectivity index (χ3v) is 13.5. The maximum Gasteiger partial charge on any atom is 0.262 e. The number of imide groups is 2. The van der Waals surface area contributed by atoms with E-state index in [4.69, 9.17) is 14.5 Å². The standard InChI is InChI=1S/C48H52N8O7/c1-28(2)55(33-22-36(23-33)62-35-11-12-37-39(24-35)48(61)56(47(37)60)40-13-16-43(57)53-46(40)59)27-29-17-20-54(21-18-29)42-15-6-31(26-51-42)45(58)52-32-7-9-34(10-8-32)63-41-14-5-30(25-49)44-38(41)4-3-19-50-44/h3-6,11-12,14-15,19,24,26,28-29,32-34,36,40H,7-10,13,16-18,20-23,27H2,1-2H3,(H,52,58)(H,53,57,59)/t32-,33-,34-,36-,40?. The van der Waals surface area contributed by atoms with Crippen molar-refractivity contribution in [3.8, 4) is 17.6 Å². The van der Waals surface area contributed by atoms with Crippen molar-refractivity contribution in [2.75, 3.05) is 24.5 Å². The maximum absolute atomic E-state index is 13.3. The van der Waals surface area contributed by atoms with Gasteiger partial charge in [-0.3, -0.25) is 44.1 Å². The van der Waals surface area contributed by atoms with Gasteiger partial charge in [0.1, 0.15) is 35.5 Å². The topological polar surface area (TPSA) is 187 Å². The predicted octanol–water partition coefficient (Wildman–Crippen LogP) is 5.56. The number of nitrogens with one attached hydrogen (secondary N) is 2. The normalized spacial score (nSPS) is 24.0. The molecular formula is C48H52N8O7. The van der Waals surface area contributed by atoms with Crippen LogP contribution in [0.15, 0.2) is 67.0 Å². The van der Waals surface area contributed by atoms with Crippen molar-refractivity contribution in [3.63, 3.8) is 0 Å². The van der Waals surface area contributed by atoms with Gasteiger partial charge in [-0.25, -0.2) is 4.98 Å². The zero-order chi connectivity index (χ0) is 43.8. The first-order valence-corrected chi connectivity index (χ1v) is 22.3. The maximum atomic E-state index is 13.3. The Morgan fingerprint density at radius 1 is 0.905 bits per heavy atom. The van der Waals surface area contributed by atoms with Crippen LogP contribution in [0.2, 0.25) is 0 Å². The summed E-state index contributed by atoms with van der Waals surface area (Å²) < 4.78 is 12.7. The Morgan fingerprint density at radius 3 is 2.40 bits per heavy atom. The molecule has 1 atom stereocenters. The van der Waals surface area contributed by atoms with Crippen LogP contribution < -0.4 is 25.0 Å². The summed E-state index contributed by atoms with van der Waals surface area (Å²) in [4.78, 5) is 78.6. The molecule has 326 valence electrons. The zero-order valence-corrected chi connectivity index (χ0v) is 35.6. The number of hydrogen-bond acceptors (Lipinski definition) is 12. The number of rotatable bonds is 12. The lowest BCUT2D eigenvalue weighted by Crippen LogP contribution is -2.54. The quantitative estimate of drug-likeness (QED) is 0.169. The van der Waals surface area contributed by atoms with Gasteiger partial charge in [-0.1, -0.05) is 0 Å². The molecule has 0 bridgehead atoms. The monoisotopic (exact) mass is 852 g/mol. The number of anilines is 1. The molecule has 2 aliphatic carbocycles. The minimum atomic E-state index is -1.00. The first-order valence-electron chi connectivity index (χ1n) is 22.3. The van der Waals surface area contributed by atoms with Gasteiger partial charge in [0.05, 0.1) is 33.9 Å². The molecule has 2 N–H and O–H groups in total. The number of carbonyl (C=O) groups is 5. The van der Waals surface area contributed by atoms with Gasteiger partial charge in [0.2, 0.25) is 11.8 Å². The lowest BCUT2D eigenvalue weighted by molar-refractivity contribution is -0.136. The highest BCUT2D eigenvalue weighted by Gasteiger charge is 2.45. The van der Waals surface area contributed by atoms with Crippen molar-refractivity contribution in [2.24, 2.45) is 5.92 Å².